The van der Waals surface area contributed by atoms with Crippen LogP contribution in [0.5, 0.6) is 0 Å². The Hall–Kier alpha value is -1.63. The second-order valence-electron chi connectivity index (χ2n) is 5.91. The number of amides is 2. The zero-order valence-corrected chi connectivity index (χ0v) is 12.7. The van der Waals surface area contributed by atoms with E-state index in [4.69, 9.17) is 0 Å². The van der Waals surface area contributed by atoms with Gasteiger partial charge in [0.25, 0.3) is 0 Å². The van der Waals surface area contributed by atoms with Crippen LogP contribution < -0.4 is 10.6 Å². The Morgan fingerprint density at radius 2 is 2.19 bits per heavy atom. The highest BCUT2D eigenvalue weighted by Gasteiger charge is 2.51. The molecule has 2 aliphatic carbocycles. The first-order valence-corrected chi connectivity index (χ1v) is 8.10. The Bertz CT molecular complexity index is 559. The van der Waals surface area contributed by atoms with Crippen LogP contribution in [0.2, 0.25) is 0 Å². The van der Waals surface area contributed by atoms with Crippen LogP contribution in [0, 0.1) is 24.7 Å². The molecule has 4 atom stereocenters. The van der Waals surface area contributed by atoms with Crippen LogP contribution in [0.25, 0.3) is 0 Å². The average molecular weight is 309 g/mol. The van der Waals surface area contributed by atoms with Gasteiger partial charge in [0, 0.05) is 10.9 Å². The van der Waals surface area contributed by atoms with E-state index >= 15 is 0 Å². The van der Waals surface area contributed by atoms with Crippen molar-refractivity contribution >= 4 is 23.3 Å². The van der Waals surface area contributed by atoms with Crippen molar-refractivity contribution in [2.45, 2.75) is 38.8 Å². The highest BCUT2D eigenvalue weighted by Crippen LogP contribution is 2.48. The number of nitrogens with one attached hydrogen (secondary N) is 2. The molecule has 0 radical (unpaired) electrons. The van der Waals surface area contributed by atoms with Crippen LogP contribution in [-0.2, 0) is 11.3 Å². The molecule has 114 valence electrons. The van der Waals surface area contributed by atoms with Gasteiger partial charge in [-0.2, -0.15) is 0 Å². The lowest BCUT2D eigenvalue weighted by Crippen LogP contribution is -2.50. The fourth-order valence-electron chi connectivity index (χ4n) is 3.71. The lowest BCUT2D eigenvalue weighted by molar-refractivity contribution is -0.144. The second kappa shape index (κ2) is 5.63. The van der Waals surface area contributed by atoms with Crippen LogP contribution >= 0.6 is 11.3 Å². The van der Waals surface area contributed by atoms with Gasteiger partial charge >= 0.3 is 12.0 Å². The summed E-state index contributed by atoms with van der Waals surface area (Å²) in [5, 5.41) is 15.0. The molecular weight excluding hydrogens is 290 g/mol. The summed E-state index contributed by atoms with van der Waals surface area (Å²) in [6.45, 7) is 2.34. The van der Waals surface area contributed by atoms with Gasteiger partial charge in [-0.25, -0.2) is 9.78 Å². The standard InChI is InChI=1S/C14H19N3O3S/c1-7-10(21-6-16-7)5-15-14(20)17-12-9-3-2-8(4-9)11(12)13(18)19/h6,8-9,11-12H,2-5H2,1H3,(H,18,19)(H2,15,17,20). The summed E-state index contributed by atoms with van der Waals surface area (Å²) in [6.07, 6.45) is 2.92. The second-order valence-corrected chi connectivity index (χ2v) is 6.85. The van der Waals surface area contributed by atoms with Gasteiger partial charge in [0.15, 0.2) is 0 Å². The van der Waals surface area contributed by atoms with Gasteiger partial charge in [-0.3, -0.25) is 4.79 Å². The first-order valence-electron chi connectivity index (χ1n) is 7.22. The Balaban J connectivity index is 1.57. The smallest absolute Gasteiger partial charge is 0.315 e. The van der Waals surface area contributed by atoms with Crippen molar-refractivity contribution in [2.24, 2.45) is 17.8 Å². The maximum atomic E-state index is 12.0. The number of carbonyl (C=O) groups is 2. The van der Waals surface area contributed by atoms with Gasteiger partial charge in [-0.15, -0.1) is 11.3 Å². The lowest BCUT2D eigenvalue weighted by Gasteiger charge is -2.28. The molecule has 1 aromatic heterocycles. The Labute approximate surface area is 127 Å². The number of rotatable bonds is 4. The number of aliphatic carboxylic acids is 1. The molecule has 1 aromatic rings. The molecule has 2 saturated carbocycles. The number of carboxylic acid groups (broad SMARTS) is 1. The Morgan fingerprint density at radius 1 is 1.43 bits per heavy atom. The van der Waals surface area contributed by atoms with Gasteiger partial charge < -0.3 is 15.7 Å². The van der Waals surface area contributed by atoms with E-state index in [2.05, 4.69) is 15.6 Å². The minimum absolute atomic E-state index is 0.224. The Kier molecular flexibility index (Phi) is 3.84. The molecule has 0 saturated heterocycles. The van der Waals surface area contributed by atoms with Crippen LogP contribution in [0.1, 0.15) is 29.8 Å². The molecule has 1 heterocycles. The molecule has 4 unspecified atom stereocenters. The van der Waals surface area contributed by atoms with Crippen LogP contribution in [0.15, 0.2) is 5.51 Å². The molecule has 7 heteroatoms. The summed E-state index contributed by atoms with van der Waals surface area (Å²) in [7, 11) is 0. The van der Waals surface area contributed by atoms with Gasteiger partial charge in [0.05, 0.1) is 23.7 Å². The minimum atomic E-state index is -0.786. The van der Waals surface area contributed by atoms with Crippen molar-refractivity contribution in [2.75, 3.05) is 0 Å². The average Bonchev–Trinajstić information content (AvgIpc) is 3.12. The number of hydrogen-bond donors (Lipinski definition) is 3. The van der Waals surface area contributed by atoms with Crippen molar-refractivity contribution in [3.8, 4) is 0 Å². The number of nitrogens with zero attached hydrogens (tertiary/aromatic N) is 1. The van der Waals surface area contributed by atoms with Gasteiger partial charge in [0.2, 0.25) is 0 Å². The maximum absolute atomic E-state index is 12.0. The maximum Gasteiger partial charge on any atom is 0.315 e. The summed E-state index contributed by atoms with van der Waals surface area (Å²) in [5.74, 6) is -0.682. The zero-order valence-electron chi connectivity index (χ0n) is 11.8. The quantitative estimate of drug-likeness (QED) is 0.790. The molecule has 0 spiro atoms. The van der Waals surface area contributed by atoms with Crippen LogP contribution in [-0.4, -0.2) is 28.1 Å². The summed E-state index contributed by atoms with van der Waals surface area (Å²) in [4.78, 5) is 28.6. The molecule has 6 nitrogen and oxygen atoms in total. The predicted octanol–water partition coefficient (Wildman–Crippen LogP) is 1.75. The molecule has 2 aliphatic rings. The van der Waals surface area contributed by atoms with Crippen molar-refractivity contribution in [3.05, 3.63) is 16.1 Å². The molecule has 2 amide bonds. The van der Waals surface area contributed by atoms with E-state index in [1.165, 1.54) is 11.3 Å². The van der Waals surface area contributed by atoms with E-state index in [1.807, 2.05) is 6.92 Å². The van der Waals surface area contributed by atoms with Crippen LogP contribution in [0.3, 0.4) is 0 Å². The number of aryl methyl sites for hydroxylation is 1. The molecule has 2 fully saturated rings. The molecule has 21 heavy (non-hydrogen) atoms. The zero-order chi connectivity index (χ0) is 15.0. The third kappa shape index (κ3) is 2.74. The fraction of sp³-hybridized carbons (Fsp3) is 0.643. The summed E-state index contributed by atoms with van der Waals surface area (Å²) in [5.41, 5.74) is 2.67. The number of fused-ring (bicyclic) bond motifs is 2. The number of carboxylic acids is 1. The van der Waals surface area contributed by atoms with Crippen molar-refractivity contribution in [3.63, 3.8) is 0 Å². The number of hydrogen-bond acceptors (Lipinski definition) is 4. The normalized spacial score (nSPS) is 30.3. The monoisotopic (exact) mass is 309 g/mol. The van der Waals surface area contributed by atoms with Crippen LogP contribution in [0.4, 0.5) is 4.79 Å². The number of thiazole rings is 1. The third-order valence-corrected chi connectivity index (χ3v) is 5.69. The molecule has 3 N–H and O–H groups in total. The fourth-order valence-corrected chi connectivity index (χ4v) is 4.43. The van der Waals surface area contributed by atoms with E-state index < -0.39 is 11.9 Å². The number of urea groups is 1. The first kappa shape index (κ1) is 14.3. The number of carbonyl (C=O) groups excluding carboxylic acids is 1. The summed E-state index contributed by atoms with van der Waals surface area (Å²) < 4.78 is 0. The summed E-state index contributed by atoms with van der Waals surface area (Å²) >= 11 is 1.50. The lowest BCUT2D eigenvalue weighted by atomic mass is 9.84. The number of aromatic nitrogens is 1. The highest BCUT2D eigenvalue weighted by molar-refractivity contribution is 7.09. The highest BCUT2D eigenvalue weighted by atomic mass is 32.1. The van der Waals surface area contributed by atoms with E-state index in [0.717, 1.165) is 29.8 Å². The van der Waals surface area contributed by atoms with Gasteiger partial charge in [0.1, 0.15) is 0 Å². The van der Waals surface area contributed by atoms with E-state index in [9.17, 15) is 14.7 Å². The van der Waals surface area contributed by atoms with Gasteiger partial charge in [-0.1, -0.05) is 0 Å². The Morgan fingerprint density at radius 3 is 2.86 bits per heavy atom. The summed E-state index contributed by atoms with van der Waals surface area (Å²) in [6, 6.07) is -0.518. The van der Waals surface area contributed by atoms with E-state index in [-0.39, 0.29) is 18.0 Å². The van der Waals surface area contributed by atoms with Gasteiger partial charge in [-0.05, 0) is 38.0 Å². The topological polar surface area (TPSA) is 91.3 Å². The predicted molar refractivity (Wildman–Crippen MR) is 78.0 cm³/mol. The molecule has 2 bridgehead atoms. The van der Waals surface area contributed by atoms with Crippen molar-refractivity contribution in [1.29, 1.82) is 0 Å². The SMILES string of the molecule is Cc1ncsc1CNC(=O)NC1C2CCC(C2)C1C(=O)O. The first-order chi connectivity index (χ1) is 10.1. The van der Waals surface area contributed by atoms with E-state index in [1.54, 1.807) is 5.51 Å². The molecule has 0 aliphatic heterocycles. The third-order valence-electron chi connectivity index (χ3n) is 4.75. The molecule has 0 aromatic carbocycles. The largest absolute Gasteiger partial charge is 0.481 e. The molecule has 3 rings (SSSR count). The van der Waals surface area contributed by atoms with Crippen molar-refractivity contribution in [1.82, 2.24) is 15.6 Å². The minimum Gasteiger partial charge on any atom is -0.481 e. The van der Waals surface area contributed by atoms with E-state index in [0.29, 0.717) is 12.5 Å². The van der Waals surface area contributed by atoms with Crippen molar-refractivity contribution < 1.29 is 14.7 Å². The molecular formula is C14H19N3O3S.